The van der Waals surface area contributed by atoms with Crippen LogP contribution < -0.4 is 10.6 Å². The highest BCUT2D eigenvalue weighted by Crippen LogP contribution is 2.21. The molecule has 0 bridgehead atoms. The fraction of sp³-hybridized carbons (Fsp3) is 0.778. The van der Waals surface area contributed by atoms with E-state index in [4.69, 9.17) is 5.73 Å². The summed E-state index contributed by atoms with van der Waals surface area (Å²) in [5, 5.41) is 6.05. The average molecular weight is 231 g/mol. The summed E-state index contributed by atoms with van der Waals surface area (Å²) in [6.07, 6.45) is -0.518. The van der Waals surface area contributed by atoms with Crippen molar-refractivity contribution in [3.63, 3.8) is 0 Å². The third kappa shape index (κ3) is 2.29. The first kappa shape index (κ1) is 11.3. The molecule has 2 heterocycles. The standard InChI is InChI=1S/C9H15F2N5/c10-7(11)8-13-9(15-14-8)16-3-1-2-6(4-12)5-16/h6-7H,1-5,12H2,(H,13,14,15). The van der Waals surface area contributed by atoms with Crippen molar-refractivity contribution in [2.24, 2.45) is 11.7 Å². The first-order valence-electron chi connectivity index (χ1n) is 5.36. The number of H-pyrrole nitrogens is 1. The molecule has 3 N–H and O–H groups in total. The Bertz CT molecular complexity index is 340. The van der Waals surface area contributed by atoms with Crippen molar-refractivity contribution in [3.8, 4) is 0 Å². The van der Waals surface area contributed by atoms with Crippen LogP contribution in [-0.2, 0) is 0 Å². The minimum Gasteiger partial charge on any atom is -0.339 e. The summed E-state index contributed by atoms with van der Waals surface area (Å²) < 4.78 is 24.6. The maximum absolute atomic E-state index is 12.3. The van der Waals surface area contributed by atoms with E-state index in [0.717, 1.165) is 25.9 Å². The summed E-state index contributed by atoms with van der Waals surface area (Å²) in [4.78, 5) is 5.68. The Hall–Kier alpha value is -1.24. The molecule has 1 fully saturated rings. The Morgan fingerprint density at radius 3 is 3.00 bits per heavy atom. The second-order valence-corrected chi connectivity index (χ2v) is 4.01. The van der Waals surface area contributed by atoms with Gasteiger partial charge in [-0.1, -0.05) is 0 Å². The minimum absolute atomic E-state index is 0.355. The van der Waals surface area contributed by atoms with Gasteiger partial charge in [0, 0.05) is 13.1 Å². The Morgan fingerprint density at radius 2 is 2.38 bits per heavy atom. The molecule has 90 valence electrons. The minimum atomic E-state index is -2.60. The molecule has 0 saturated carbocycles. The normalized spacial score (nSPS) is 21.8. The fourth-order valence-corrected chi connectivity index (χ4v) is 1.94. The zero-order chi connectivity index (χ0) is 11.5. The zero-order valence-corrected chi connectivity index (χ0v) is 8.87. The maximum atomic E-state index is 12.3. The number of hydrogen-bond acceptors (Lipinski definition) is 4. The van der Waals surface area contributed by atoms with Crippen molar-refractivity contribution in [1.29, 1.82) is 0 Å². The van der Waals surface area contributed by atoms with E-state index >= 15 is 0 Å². The van der Waals surface area contributed by atoms with E-state index in [0.29, 0.717) is 18.4 Å². The van der Waals surface area contributed by atoms with E-state index in [1.54, 1.807) is 0 Å². The van der Waals surface area contributed by atoms with Crippen molar-refractivity contribution in [2.45, 2.75) is 19.3 Å². The monoisotopic (exact) mass is 231 g/mol. The number of nitrogens with zero attached hydrogens (tertiary/aromatic N) is 3. The van der Waals surface area contributed by atoms with Gasteiger partial charge >= 0.3 is 0 Å². The number of hydrogen-bond donors (Lipinski definition) is 2. The van der Waals surface area contributed by atoms with Crippen molar-refractivity contribution < 1.29 is 8.78 Å². The van der Waals surface area contributed by atoms with Gasteiger partial charge in [-0.05, 0) is 25.3 Å². The number of piperidine rings is 1. The van der Waals surface area contributed by atoms with Crippen LogP contribution in [0.1, 0.15) is 25.1 Å². The molecule has 0 aliphatic carbocycles. The van der Waals surface area contributed by atoms with Crippen LogP contribution in [0.3, 0.4) is 0 Å². The lowest BCUT2D eigenvalue weighted by atomic mass is 9.99. The molecular weight excluding hydrogens is 216 g/mol. The van der Waals surface area contributed by atoms with Crippen molar-refractivity contribution in [1.82, 2.24) is 15.2 Å². The van der Waals surface area contributed by atoms with Gasteiger partial charge in [-0.2, -0.15) is 4.98 Å². The molecule has 1 aromatic rings. The number of nitrogens with one attached hydrogen (secondary N) is 1. The summed E-state index contributed by atoms with van der Waals surface area (Å²) >= 11 is 0. The SMILES string of the molecule is NCC1CCCN(c2n[nH]c(C(F)F)n2)C1. The van der Waals surface area contributed by atoms with E-state index in [1.807, 2.05) is 4.90 Å². The van der Waals surface area contributed by atoms with Crippen LogP contribution in [0.15, 0.2) is 0 Å². The summed E-state index contributed by atoms with van der Waals surface area (Å²) in [6.45, 7) is 2.16. The highest BCUT2D eigenvalue weighted by atomic mass is 19.3. The number of halogens is 2. The van der Waals surface area contributed by atoms with Gasteiger partial charge in [0.25, 0.3) is 6.43 Å². The molecule has 1 atom stereocenters. The van der Waals surface area contributed by atoms with E-state index in [9.17, 15) is 8.78 Å². The van der Waals surface area contributed by atoms with E-state index < -0.39 is 6.43 Å². The first-order valence-corrected chi connectivity index (χ1v) is 5.36. The fourth-order valence-electron chi connectivity index (χ4n) is 1.94. The highest BCUT2D eigenvalue weighted by molar-refractivity contribution is 5.29. The van der Waals surface area contributed by atoms with Gasteiger partial charge in [0.1, 0.15) is 0 Å². The van der Waals surface area contributed by atoms with Crippen LogP contribution in [0.2, 0.25) is 0 Å². The zero-order valence-electron chi connectivity index (χ0n) is 8.87. The van der Waals surface area contributed by atoms with Gasteiger partial charge < -0.3 is 10.6 Å². The Labute approximate surface area is 92.0 Å². The van der Waals surface area contributed by atoms with Gasteiger partial charge in [-0.15, -0.1) is 5.10 Å². The quantitative estimate of drug-likeness (QED) is 0.811. The maximum Gasteiger partial charge on any atom is 0.296 e. The second-order valence-electron chi connectivity index (χ2n) is 4.01. The van der Waals surface area contributed by atoms with Gasteiger partial charge in [0.15, 0.2) is 5.82 Å². The topological polar surface area (TPSA) is 70.8 Å². The summed E-state index contributed by atoms with van der Waals surface area (Å²) in [5.41, 5.74) is 5.60. The molecule has 1 aliphatic heterocycles. The highest BCUT2D eigenvalue weighted by Gasteiger charge is 2.23. The van der Waals surface area contributed by atoms with E-state index in [-0.39, 0.29) is 5.82 Å². The lowest BCUT2D eigenvalue weighted by Crippen LogP contribution is -2.39. The smallest absolute Gasteiger partial charge is 0.296 e. The molecule has 1 aliphatic rings. The lowest BCUT2D eigenvalue weighted by Gasteiger charge is -2.31. The molecule has 0 spiro atoms. The van der Waals surface area contributed by atoms with E-state index in [1.165, 1.54) is 0 Å². The number of aromatic amines is 1. The summed E-state index contributed by atoms with van der Waals surface area (Å²) in [6, 6.07) is 0. The average Bonchev–Trinajstić information content (AvgIpc) is 2.78. The summed E-state index contributed by atoms with van der Waals surface area (Å²) in [5.74, 6) is 0.389. The molecule has 0 aromatic carbocycles. The molecule has 0 amide bonds. The first-order chi connectivity index (χ1) is 7.70. The van der Waals surface area contributed by atoms with Crippen molar-refractivity contribution in [3.05, 3.63) is 5.82 Å². The molecule has 5 nitrogen and oxygen atoms in total. The number of nitrogens with two attached hydrogens (primary N) is 1. The van der Waals surface area contributed by atoms with Gasteiger partial charge in [-0.25, -0.2) is 8.78 Å². The lowest BCUT2D eigenvalue weighted by molar-refractivity contribution is 0.141. The molecule has 16 heavy (non-hydrogen) atoms. The van der Waals surface area contributed by atoms with E-state index in [2.05, 4.69) is 15.2 Å². The van der Waals surface area contributed by atoms with Crippen LogP contribution in [-0.4, -0.2) is 34.8 Å². The molecule has 1 aromatic heterocycles. The molecule has 2 rings (SSSR count). The summed E-state index contributed by atoms with van der Waals surface area (Å²) in [7, 11) is 0. The third-order valence-corrected chi connectivity index (χ3v) is 2.83. The number of rotatable bonds is 3. The second kappa shape index (κ2) is 4.73. The Balaban J connectivity index is 2.05. The molecular formula is C9H15F2N5. The van der Waals surface area contributed by atoms with Gasteiger partial charge in [0.05, 0.1) is 0 Å². The number of alkyl halides is 2. The van der Waals surface area contributed by atoms with Gasteiger partial charge in [0.2, 0.25) is 5.95 Å². The van der Waals surface area contributed by atoms with Crippen molar-refractivity contribution >= 4 is 5.95 Å². The van der Waals surface area contributed by atoms with Crippen LogP contribution in [0, 0.1) is 5.92 Å². The van der Waals surface area contributed by atoms with Crippen LogP contribution in [0.4, 0.5) is 14.7 Å². The molecule has 1 saturated heterocycles. The predicted molar refractivity (Wildman–Crippen MR) is 55.3 cm³/mol. The largest absolute Gasteiger partial charge is 0.339 e. The van der Waals surface area contributed by atoms with Crippen LogP contribution >= 0.6 is 0 Å². The number of aromatic nitrogens is 3. The van der Waals surface area contributed by atoms with Gasteiger partial charge in [-0.3, -0.25) is 5.10 Å². The Kier molecular flexibility index (Phi) is 3.33. The van der Waals surface area contributed by atoms with Crippen LogP contribution in [0.5, 0.6) is 0 Å². The Morgan fingerprint density at radius 1 is 1.56 bits per heavy atom. The van der Waals surface area contributed by atoms with Crippen LogP contribution in [0.25, 0.3) is 0 Å². The number of anilines is 1. The third-order valence-electron chi connectivity index (χ3n) is 2.83. The molecule has 1 unspecified atom stereocenters. The molecule has 7 heteroatoms. The predicted octanol–water partition coefficient (Wildman–Crippen LogP) is 0.917. The van der Waals surface area contributed by atoms with Crippen molar-refractivity contribution in [2.75, 3.05) is 24.5 Å². The molecule has 0 radical (unpaired) electrons.